The molecule has 2 aromatic heterocycles. The van der Waals surface area contributed by atoms with E-state index in [-0.39, 0.29) is 0 Å². The van der Waals surface area contributed by atoms with E-state index >= 15 is 0 Å². The highest BCUT2D eigenvalue weighted by molar-refractivity contribution is 9.10. The summed E-state index contributed by atoms with van der Waals surface area (Å²) in [6, 6.07) is 1.96. The van der Waals surface area contributed by atoms with Gasteiger partial charge in [-0.1, -0.05) is 0 Å². The lowest BCUT2D eigenvalue weighted by molar-refractivity contribution is 1.32. The molecule has 2 aromatic rings. The summed E-state index contributed by atoms with van der Waals surface area (Å²) in [6.07, 6.45) is 3.66. The first-order valence-corrected chi connectivity index (χ1v) is 4.29. The van der Waals surface area contributed by atoms with E-state index in [4.69, 9.17) is 0 Å². The highest BCUT2D eigenvalue weighted by Crippen LogP contribution is 2.19. The smallest absolute Gasteiger partial charge is 0.106 e. The molecular formula is C6H3BrN2S. The van der Waals surface area contributed by atoms with Gasteiger partial charge in [0, 0.05) is 17.8 Å². The molecular weight excluding hydrogens is 212 g/mol. The highest BCUT2D eigenvalue weighted by Gasteiger charge is 1.95. The van der Waals surface area contributed by atoms with E-state index in [9.17, 15) is 0 Å². The monoisotopic (exact) mass is 214 g/mol. The number of pyridine rings is 1. The molecule has 0 aliphatic carbocycles. The van der Waals surface area contributed by atoms with E-state index in [2.05, 4.69) is 25.3 Å². The predicted octanol–water partition coefficient (Wildman–Crippen LogP) is 2.45. The molecule has 0 aliphatic heterocycles. The molecule has 0 fully saturated rings. The first kappa shape index (κ1) is 6.24. The van der Waals surface area contributed by atoms with Crippen LogP contribution in [0.3, 0.4) is 0 Å². The summed E-state index contributed by atoms with van der Waals surface area (Å²) in [4.78, 5) is 4.07. The molecule has 10 heavy (non-hydrogen) atoms. The number of fused-ring (bicyclic) bond motifs is 1. The van der Waals surface area contributed by atoms with Crippen molar-refractivity contribution in [1.82, 2.24) is 9.36 Å². The Labute approximate surface area is 70.2 Å². The van der Waals surface area contributed by atoms with Gasteiger partial charge in [-0.2, -0.15) is 4.37 Å². The van der Waals surface area contributed by atoms with E-state index in [0.29, 0.717) is 0 Å². The second-order valence-corrected chi connectivity index (χ2v) is 3.52. The second-order valence-electron chi connectivity index (χ2n) is 1.87. The van der Waals surface area contributed by atoms with Gasteiger partial charge in [0.2, 0.25) is 0 Å². The van der Waals surface area contributed by atoms with Gasteiger partial charge in [-0.25, -0.2) is 4.98 Å². The van der Waals surface area contributed by atoms with Gasteiger partial charge in [-0.05, 0) is 33.5 Å². The summed E-state index contributed by atoms with van der Waals surface area (Å²) in [5, 5.41) is 1.15. The van der Waals surface area contributed by atoms with Crippen LogP contribution in [-0.4, -0.2) is 9.36 Å². The van der Waals surface area contributed by atoms with Gasteiger partial charge >= 0.3 is 0 Å². The van der Waals surface area contributed by atoms with Gasteiger partial charge in [-0.15, -0.1) is 0 Å². The molecule has 2 nitrogen and oxygen atoms in total. The Morgan fingerprint density at radius 3 is 3.20 bits per heavy atom. The van der Waals surface area contributed by atoms with E-state index in [1.807, 2.05) is 18.5 Å². The molecule has 0 unspecified atom stereocenters. The lowest BCUT2D eigenvalue weighted by atomic mass is 10.4. The molecule has 0 saturated carbocycles. The number of aromatic nitrogens is 2. The molecule has 0 N–H and O–H groups in total. The normalized spacial score (nSPS) is 10.5. The molecule has 2 rings (SSSR count). The largest absolute Gasteiger partial charge is 0.248 e. The Morgan fingerprint density at radius 1 is 1.40 bits per heavy atom. The summed E-state index contributed by atoms with van der Waals surface area (Å²) in [7, 11) is 0. The van der Waals surface area contributed by atoms with Crippen LogP contribution in [0.25, 0.3) is 10.1 Å². The minimum atomic E-state index is 0.861. The van der Waals surface area contributed by atoms with Crippen LogP contribution in [-0.2, 0) is 0 Å². The third-order valence-corrected chi connectivity index (χ3v) is 2.39. The minimum Gasteiger partial charge on any atom is -0.248 e. The van der Waals surface area contributed by atoms with Crippen LogP contribution < -0.4 is 0 Å². The summed E-state index contributed by atoms with van der Waals surface area (Å²) in [6.45, 7) is 0. The molecule has 2 heterocycles. The first-order chi connectivity index (χ1) is 4.86. The number of hydrogen-bond donors (Lipinski definition) is 0. The molecule has 0 amide bonds. The summed E-state index contributed by atoms with van der Waals surface area (Å²) in [5.41, 5.74) is 0. The molecule has 0 bridgehead atoms. The van der Waals surface area contributed by atoms with Crippen LogP contribution in [0.2, 0.25) is 0 Å². The fourth-order valence-electron chi connectivity index (χ4n) is 0.749. The van der Waals surface area contributed by atoms with Crippen LogP contribution in [0.15, 0.2) is 23.1 Å². The van der Waals surface area contributed by atoms with E-state index < -0.39 is 0 Å². The van der Waals surface area contributed by atoms with E-state index in [1.54, 1.807) is 0 Å². The molecule has 50 valence electrons. The molecule has 4 heteroatoms. The number of hydrogen-bond acceptors (Lipinski definition) is 3. The van der Waals surface area contributed by atoms with Crippen molar-refractivity contribution < 1.29 is 0 Å². The Balaban J connectivity index is 2.86. The van der Waals surface area contributed by atoms with Gasteiger partial charge in [0.1, 0.15) is 4.60 Å². The minimum absolute atomic E-state index is 0.861. The summed E-state index contributed by atoms with van der Waals surface area (Å²) < 4.78 is 6.01. The average Bonchev–Trinajstić information content (AvgIpc) is 2.33. The fourth-order valence-corrected chi connectivity index (χ4v) is 1.69. The van der Waals surface area contributed by atoms with E-state index in [0.717, 1.165) is 14.7 Å². The Bertz CT molecular complexity index is 357. The zero-order valence-electron chi connectivity index (χ0n) is 4.91. The molecule has 0 saturated heterocycles. The van der Waals surface area contributed by atoms with Crippen LogP contribution in [0, 0.1) is 0 Å². The SMILES string of the molecule is Brc1cc2cnsc2cn1. The Kier molecular flexibility index (Phi) is 1.43. The van der Waals surface area contributed by atoms with Crippen molar-refractivity contribution in [3.05, 3.63) is 23.1 Å². The predicted molar refractivity (Wildman–Crippen MR) is 45.1 cm³/mol. The number of rotatable bonds is 0. The lowest BCUT2D eigenvalue weighted by Gasteiger charge is -1.86. The van der Waals surface area contributed by atoms with Crippen molar-refractivity contribution in [3.63, 3.8) is 0 Å². The zero-order valence-corrected chi connectivity index (χ0v) is 7.32. The maximum atomic E-state index is 4.07. The van der Waals surface area contributed by atoms with Crippen molar-refractivity contribution in [1.29, 1.82) is 0 Å². The Morgan fingerprint density at radius 2 is 2.30 bits per heavy atom. The van der Waals surface area contributed by atoms with Crippen LogP contribution in [0.1, 0.15) is 0 Å². The van der Waals surface area contributed by atoms with Crippen molar-refractivity contribution >= 4 is 37.5 Å². The van der Waals surface area contributed by atoms with E-state index in [1.165, 1.54) is 11.5 Å². The van der Waals surface area contributed by atoms with Crippen molar-refractivity contribution in [2.75, 3.05) is 0 Å². The molecule has 0 aliphatic rings. The molecule has 0 spiro atoms. The van der Waals surface area contributed by atoms with Crippen LogP contribution in [0.5, 0.6) is 0 Å². The van der Waals surface area contributed by atoms with Gasteiger partial charge in [-0.3, -0.25) is 0 Å². The third-order valence-electron chi connectivity index (χ3n) is 1.21. The quantitative estimate of drug-likeness (QED) is 0.631. The zero-order chi connectivity index (χ0) is 6.97. The third kappa shape index (κ3) is 0.932. The maximum Gasteiger partial charge on any atom is 0.106 e. The van der Waals surface area contributed by atoms with Gasteiger partial charge < -0.3 is 0 Å². The number of nitrogens with zero attached hydrogens (tertiary/aromatic N) is 2. The van der Waals surface area contributed by atoms with Gasteiger partial charge in [0.15, 0.2) is 0 Å². The lowest BCUT2D eigenvalue weighted by Crippen LogP contribution is -1.70. The average molecular weight is 215 g/mol. The molecule has 0 aromatic carbocycles. The maximum absolute atomic E-state index is 4.07. The molecule has 0 radical (unpaired) electrons. The molecule has 0 atom stereocenters. The number of halogens is 1. The van der Waals surface area contributed by atoms with Gasteiger partial charge in [0.05, 0.1) is 4.70 Å². The van der Waals surface area contributed by atoms with Crippen molar-refractivity contribution in [2.24, 2.45) is 0 Å². The van der Waals surface area contributed by atoms with Crippen LogP contribution >= 0.6 is 27.5 Å². The fraction of sp³-hybridized carbons (Fsp3) is 0. The first-order valence-electron chi connectivity index (χ1n) is 2.72. The van der Waals surface area contributed by atoms with Crippen molar-refractivity contribution in [3.8, 4) is 0 Å². The van der Waals surface area contributed by atoms with Gasteiger partial charge in [0.25, 0.3) is 0 Å². The Hall–Kier alpha value is -0.480. The topological polar surface area (TPSA) is 25.8 Å². The highest BCUT2D eigenvalue weighted by atomic mass is 79.9. The summed E-state index contributed by atoms with van der Waals surface area (Å²) in [5.74, 6) is 0. The second kappa shape index (κ2) is 2.29. The van der Waals surface area contributed by atoms with Crippen molar-refractivity contribution in [2.45, 2.75) is 0 Å². The summed E-state index contributed by atoms with van der Waals surface area (Å²) >= 11 is 4.75. The van der Waals surface area contributed by atoms with Crippen LogP contribution in [0.4, 0.5) is 0 Å². The standard InChI is InChI=1S/C6H3BrN2S/c7-6-1-4-2-9-10-5(4)3-8-6/h1-3H.